The number of hydrogen-bond donors (Lipinski definition) is 1. The third-order valence-electron chi connectivity index (χ3n) is 3.06. The molecule has 0 aliphatic heterocycles. The zero-order valence-corrected chi connectivity index (χ0v) is 11.4. The van der Waals surface area contributed by atoms with Crippen LogP contribution in [0.4, 0.5) is 0 Å². The highest BCUT2D eigenvalue weighted by Crippen LogP contribution is 2.22. The minimum atomic E-state index is 0.00565. The minimum absolute atomic E-state index is 0.00565. The number of halogens is 1. The Kier molecular flexibility index (Phi) is 4.08. The summed E-state index contributed by atoms with van der Waals surface area (Å²) in [7, 11) is 1.71. The van der Waals surface area contributed by atoms with Crippen LogP contribution in [-0.4, -0.2) is 29.4 Å². The van der Waals surface area contributed by atoms with Crippen LogP contribution in [0.2, 0.25) is 5.02 Å². The highest BCUT2D eigenvalue weighted by Gasteiger charge is 2.12. The average molecular weight is 276 g/mol. The van der Waals surface area contributed by atoms with Gasteiger partial charge in [0.05, 0.1) is 18.9 Å². The van der Waals surface area contributed by atoms with Crippen molar-refractivity contribution in [2.75, 3.05) is 13.6 Å². The maximum atomic E-state index is 12.0. The van der Waals surface area contributed by atoms with Gasteiger partial charge in [0.25, 0.3) is 0 Å². The van der Waals surface area contributed by atoms with E-state index in [9.17, 15) is 4.79 Å². The third kappa shape index (κ3) is 3.07. The molecule has 0 aliphatic rings. The van der Waals surface area contributed by atoms with Gasteiger partial charge in [0, 0.05) is 35.7 Å². The van der Waals surface area contributed by atoms with Crippen LogP contribution >= 0.6 is 11.6 Å². The van der Waals surface area contributed by atoms with Gasteiger partial charge in [0.1, 0.15) is 0 Å². The predicted molar refractivity (Wildman–Crippen MR) is 74.9 cm³/mol. The van der Waals surface area contributed by atoms with Crippen molar-refractivity contribution < 1.29 is 4.79 Å². The van der Waals surface area contributed by atoms with Crippen LogP contribution in [0.3, 0.4) is 0 Å². The van der Waals surface area contributed by atoms with Crippen molar-refractivity contribution in [1.29, 1.82) is 5.26 Å². The first kappa shape index (κ1) is 13.4. The van der Waals surface area contributed by atoms with E-state index < -0.39 is 0 Å². The van der Waals surface area contributed by atoms with E-state index in [1.54, 1.807) is 11.9 Å². The number of nitrogens with zero attached hydrogens (tertiary/aromatic N) is 2. The quantitative estimate of drug-likeness (QED) is 0.933. The van der Waals surface area contributed by atoms with Gasteiger partial charge in [-0.1, -0.05) is 17.7 Å². The Morgan fingerprint density at radius 3 is 3.05 bits per heavy atom. The normalized spacial score (nSPS) is 10.4. The molecular weight excluding hydrogens is 262 g/mol. The maximum Gasteiger partial charge on any atom is 0.226 e. The van der Waals surface area contributed by atoms with Gasteiger partial charge in [-0.3, -0.25) is 4.79 Å². The Labute approximate surface area is 116 Å². The number of rotatable bonds is 4. The van der Waals surface area contributed by atoms with Gasteiger partial charge < -0.3 is 9.88 Å². The standard InChI is InChI=1S/C14H14ClN3O/c1-18(6-2-5-16)14(19)7-10-9-17-13-8-11(15)3-4-12(10)13/h3-4,8-9,17H,2,6-7H2,1H3. The topological polar surface area (TPSA) is 59.9 Å². The Bertz CT molecular complexity index is 642. The largest absolute Gasteiger partial charge is 0.361 e. The molecule has 4 nitrogen and oxygen atoms in total. The molecular formula is C14H14ClN3O. The van der Waals surface area contributed by atoms with Crippen molar-refractivity contribution in [2.24, 2.45) is 0 Å². The van der Waals surface area contributed by atoms with E-state index in [1.165, 1.54) is 0 Å². The van der Waals surface area contributed by atoms with Crippen molar-refractivity contribution in [3.8, 4) is 6.07 Å². The van der Waals surface area contributed by atoms with Gasteiger partial charge in [0.15, 0.2) is 0 Å². The summed E-state index contributed by atoms with van der Waals surface area (Å²) in [4.78, 5) is 16.7. The first-order valence-corrected chi connectivity index (χ1v) is 6.36. The van der Waals surface area contributed by atoms with Crippen LogP contribution in [0.15, 0.2) is 24.4 Å². The second-order valence-electron chi connectivity index (χ2n) is 4.40. The Hall–Kier alpha value is -1.99. The van der Waals surface area contributed by atoms with Crippen molar-refractivity contribution in [3.63, 3.8) is 0 Å². The van der Waals surface area contributed by atoms with Gasteiger partial charge in [0.2, 0.25) is 5.91 Å². The lowest BCUT2D eigenvalue weighted by atomic mass is 10.1. The van der Waals surface area contributed by atoms with E-state index in [4.69, 9.17) is 16.9 Å². The number of aromatic nitrogens is 1. The Morgan fingerprint density at radius 2 is 2.32 bits per heavy atom. The smallest absolute Gasteiger partial charge is 0.226 e. The highest BCUT2D eigenvalue weighted by atomic mass is 35.5. The van der Waals surface area contributed by atoms with Crippen LogP contribution in [0.25, 0.3) is 10.9 Å². The summed E-state index contributed by atoms with van der Waals surface area (Å²) in [5.74, 6) is 0.00565. The van der Waals surface area contributed by atoms with E-state index in [0.717, 1.165) is 16.5 Å². The summed E-state index contributed by atoms with van der Waals surface area (Å²) < 4.78 is 0. The number of nitriles is 1. The fraction of sp³-hybridized carbons (Fsp3) is 0.286. The first-order chi connectivity index (χ1) is 9.11. The summed E-state index contributed by atoms with van der Waals surface area (Å²) in [5.41, 5.74) is 1.87. The van der Waals surface area contributed by atoms with Gasteiger partial charge in [-0.05, 0) is 17.7 Å². The predicted octanol–water partition coefficient (Wildman–Crippen LogP) is 2.74. The lowest BCUT2D eigenvalue weighted by molar-refractivity contribution is -0.129. The summed E-state index contributed by atoms with van der Waals surface area (Å²) in [6.07, 6.45) is 2.51. The molecule has 1 aromatic carbocycles. The maximum absolute atomic E-state index is 12.0. The van der Waals surface area contributed by atoms with Crippen LogP contribution in [-0.2, 0) is 11.2 Å². The molecule has 5 heteroatoms. The summed E-state index contributed by atoms with van der Waals surface area (Å²) in [6.45, 7) is 0.462. The number of carbonyl (C=O) groups excluding carboxylic acids is 1. The Balaban J connectivity index is 2.13. The zero-order chi connectivity index (χ0) is 13.8. The van der Waals surface area contributed by atoms with Gasteiger partial charge >= 0.3 is 0 Å². The average Bonchev–Trinajstić information content (AvgIpc) is 2.78. The molecule has 0 spiro atoms. The molecule has 0 bridgehead atoms. The number of benzene rings is 1. The van der Waals surface area contributed by atoms with Gasteiger partial charge in [-0.2, -0.15) is 5.26 Å². The molecule has 98 valence electrons. The molecule has 19 heavy (non-hydrogen) atoms. The number of amides is 1. The van der Waals surface area contributed by atoms with Crippen molar-refractivity contribution >= 4 is 28.4 Å². The molecule has 1 N–H and O–H groups in total. The zero-order valence-electron chi connectivity index (χ0n) is 10.6. The molecule has 2 rings (SSSR count). The number of H-pyrrole nitrogens is 1. The lowest BCUT2D eigenvalue weighted by Gasteiger charge is -2.14. The highest BCUT2D eigenvalue weighted by molar-refractivity contribution is 6.31. The number of carbonyl (C=O) groups is 1. The van der Waals surface area contributed by atoms with E-state index >= 15 is 0 Å². The molecule has 0 aliphatic carbocycles. The monoisotopic (exact) mass is 275 g/mol. The number of likely N-dealkylation sites (N-methyl/N-ethyl adjacent to an activating group) is 1. The SMILES string of the molecule is CN(CCC#N)C(=O)Cc1c[nH]c2cc(Cl)ccc12. The molecule has 1 heterocycles. The van der Waals surface area contributed by atoms with Crippen molar-refractivity contribution in [1.82, 2.24) is 9.88 Å². The van der Waals surface area contributed by atoms with Crippen LogP contribution in [0.1, 0.15) is 12.0 Å². The molecule has 1 aromatic heterocycles. The molecule has 2 aromatic rings. The Morgan fingerprint density at radius 1 is 1.53 bits per heavy atom. The molecule has 0 unspecified atom stereocenters. The van der Waals surface area contributed by atoms with Crippen molar-refractivity contribution in [3.05, 3.63) is 35.0 Å². The van der Waals surface area contributed by atoms with Crippen molar-refractivity contribution in [2.45, 2.75) is 12.8 Å². The van der Waals surface area contributed by atoms with Gasteiger partial charge in [-0.25, -0.2) is 0 Å². The second-order valence-corrected chi connectivity index (χ2v) is 4.84. The lowest BCUT2D eigenvalue weighted by Crippen LogP contribution is -2.28. The van der Waals surface area contributed by atoms with Crippen LogP contribution in [0.5, 0.6) is 0 Å². The fourth-order valence-corrected chi connectivity index (χ4v) is 2.12. The summed E-state index contributed by atoms with van der Waals surface area (Å²) >= 11 is 5.92. The third-order valence-corrected chi connectivity index (χ3v) is 3.29. The number of nitrogens with one attached hydrogen (secondary N) is 1. The van der Waals surface area contributed by atoms with E-state index in [-0.39, 0.29) is 5.91 Å². The second kappa shape index (κ2) is 5.77. The number of hydrogen-bond acceptors (Lipinski definition) is 2. The van der Waals surface area contributed by atoms with Gasteiger partial charge in [-0.15, -0.1) is 0 Å². The van der Waals surface area contributed by atoms with Crippen LogP contribution < -0.4 is 0 Å². The van der Waals surface area contributed by atoms with Crippen LogP contribution in [0, 0.1) is 11.3 Å². The summed E-state index contributed by atoms with van der Waals surface area (Å²) in [5, 5.41) is 10.2. The number of aromatic amines is 1. The van der Waals surface area contributed by atoms with E-state index in [0.29, 0.717) is 24.4 Å². The minimum Gasteiger partial charge on any atom is -0.361 e. The fourth-order valence-electron chi connectivity index (χ4n) is 1.95. The molecule has 0 saturated heterocycles. The molecule has 0 fully saturated rings. The number of fused-ring (bicyclic) bond motifs is 1. The molecule has 0 saturated carbocycles. The molecule has 0 radical (unpaired) electrons. The van der Waals surface area contributed by atoms with E-state index in [2.05, 4.69) is 4.98 Å². The van der Waals surface area contributed by atoms with E-state index in [1.807, 2.05) is 30.5 Å². The summed E-state index contributed by atoms with van der Waals surface area (Å²) in [6, 6.07) is 7.59. The molecule has 1 amide bonds. The first-order valence-electron chi connectivity index (χ1n) is 5.98. The molecule has 0 atom stereocenters.